The Morgan fingerprint density at radius 2 is 2.43 bits per heavy atom. The summed E-state index contributed by atoms with van der Waals surface area (Å²) in [7, 11) is 0. The molecule has 0 aliphatic rings. The second kappa shape index (κ2) is 4.34. The van der Waals surface area contributed by atoms with Crippen LogP contribution in [0, 0.1) is 0 Å². The molecule has 0 aliphatic carbocycles. The third kappa shape index (κ3) is 4.02. The maximum atomic E-state index is 8.38. The van der Waals surface area contributed by atoms with Crippen molar-refractivity contribution < 1.29 is 5.11 Å². The monoisotopic (exact) mass is 164 g/mol. The molecule has 0 aromatic rings. The molecule has 0 amide bonds. The van der Waals surface area contributed by atoms with Crippen LogP contribution in [0.1, 0.15) is 6.92 Å². The van der Waals surface area contributed by atoms with Crippen molar-refractivity contribution >= 4 is 15.9 Å². The summed E-state index contributed by atoms with van der Waals surface area (Å²) < 4.78 is 0. The first-order chi connectivity index (χ1) is 3.31. The molecule has 0 rings (SSSR count). The highest BCUT2D eigenvalue weighted by molar-refractivity contribution is 9.09. The molecule has 0 heterocycles. The van der Waals surface area contributed by atoms with Crippen LogP contribution in [-0.4, -0.2) is 17.0 Å². The fraction of sp³-hybridized carbons (Fsp3) is 0.600. The predicted molar refractivity (Wildman–Crippen MR) is 34.6 cm³/mol. The fourth-order valence-electron chi connectivity index (χ4n) is 0.196. The molecule has 0 atom stereocenters. The Balaban J connectivity index is 3.29. The van der Waals surface area contributed by atoms with Crippen molar-refractivity contribution in [3.05, 3.63) is 11.6 Å². The van der Waals surface area contributed by atoms with Crippen LogP contribution < -0.4 is 0 Å². The van der Waals surface area contributed by atoms with Gasteiger partial charge in [-0.3, -0.25) is 0 Å². The van der Waals surface area contributed by atoms with Gasteiger partial charge in [-0.15, -0.1) is 0 Å². The fourth-order valence-corrected chi connectivity index (χ4v) is 0.749. The van der Waals surface area contributed by atoms with E-state index >= 15 is 0 Å². The number of alkyl halides is 1. The number of halogens is 1. The SMILES string of the molecule is C/C(=C\CBr)CO. The number of hydrogen-bond acceptors (Lipinski definition) is 1. The minimum absolute atomic E-state index is 0.172. The zero-order chi connectivity index (χ0) is 5.70. The van der Waals surface area contributed by atoms with E-state index in [2.05, 4.69) is 15.9 Å². The summed E-state index contributed by atoms with van der Waals surface area (Å²) in [5.74, 6) is 0. The summed E-state index contributed by atoms with van der Waals surface area (Å²) in [5, 5.41) is 9.21. The smallest absolute Gasteiger partial charge is 0.0639 e. The van der Waals surface area contributed by atoms with E-state index in [-0.39, 0.29) is 6.61 Å². The lowest BCUT2D eigenvalue weighted by Gasteiger charge is -1.87. The molecule has 0 saturated carbocycles. The molecule has 2 heteroatoms. The molecule has 0 bridgehead atoms. The quantitative estimate of drug-likeness (QED) is 0.483. The van der Waals surface area contributed by atoms with E-state index in [1.54, 1.807) is 0 Å². The summed E-state index contributed by atoms with van der Waals surface area (Å²) in [6.45, 7) is 2.06. The number of aliphatic hydroxyl groups excluding tert-OH is 1. The molecule has 0 unspecified atom stereocenters. The highest BCUT2D eigenvalue weighted by atomic mass is 79.9. The van der Waals surface area contributed by atoms with Crippen LogP contribution >= 0.6 is 15.9 Å². The molecule has 0 aromatic carbocycles. The lowest BCUT2D eigenvalue weighted by molar-refractivity contribution is 0.331. The molecular weight excluding hydrogens is 156 g/mol. The maximum absolute atomic E-state index is 8.38. The Hall–Kier alpha value is 0.180. The standard InChI is InChI=1S/C5H9BrO/c1-5(4-7)2-3-6/h2,7H,3-4H2,1H3/b5-2+. The number of allylic oxidation sites excluding steroid dienone is 1. The van der Waals surface area contributed by atoms with Crippen LogP contribution in [0.2, 0.25) is 0 Å². The maximum Gasteiger partial charge on any atom is 0.0639 e. The van der Waals surface area contributed by atoms with Gasteiger partial charge in [-0.25, -0.2) is 0 Å². The lowest BCUT2D eigenvalue weighted by Crippen LogP contribution is -1.82. The minimum Gasteiger partial charge on any atom is -0.392 e. The van der Waals surface area contributed by atoms with Crippen LogP contribution in [0.25, 0.3) is 0 Å². The minimum atomic E-state index is 0.172. The van der Waals surface area contributed by atoms with Crippen molar-refractivity contribution in [1.82, 2.24) is 0 Å². The van der Waals surface area contributed by atoms with Crippen molar-refractivity contribution in [3.8, 4) is 0 Å². The highest BCUT2D eigenvalue weighted by Gasteiger charge is 1.78. The largest absolute Gasteiger partial charge is 0.392 e. The van der Waals surface area contributed by atoms with E-state index in [1.807, 2.05) is 13.0 Å². The number of hydrogen-bond donors (Lipinski definition) is 1. The van der Waals surface area contributed by atoms with E-state index in [4.69, 9.17) is 5.11 Å². The molecule has 0 aliphatic heterocycles. The van der Waals surface area contributed by atoms with Gasteiger partial charge in [-0.1, -0.05) is 27.6 Å². The first-order valence-electron chi connectivity index (χ1n) is 2.13. The van der Waals surface area contributed by atoms with Crippen molar-refractivity contribution in [2.24, 2.45) is 0 Å². The van der Waals surface area contributed by atoms with Gasteiger partial charge >= 0.3 is 0 Å². The Bertz CT molecular complexity index is 68.5. The Morgan fingerprint density at radius 1 is 1.86 bits per heavy atom. The molecule has 1 N–H and O–H groups in total. The van der Waals surface area contributed by atoms with Gasteiger partial charge in [-0.2, -0.15) is 0 Å². The summed E-state index contributed by atoms with van der Waals surface area (Å²) in [6.07, 6.45) is 1.93. The summed E-state index contributed by atoms with van der Waals surface area (Å²) >= 11 is 3.20. The van der Waals surface area contributed by atoms with Gasteiger partial charge in [0.2, 0.25) is 0 Å². The first kappa shape index (κ1) is 7.18. The molecule has 0 spiro atoms. The zero-order valence-corrected chi connectivity index (χ0v) is 5.90. The third-order valence-corrected chi connectivity index (χ3v) is 0.999. The van der Waals surface area contributed by atoms with Gasteiger partial charge in [0.15, 0.2) is 0 Å². The zero-order valence-electron chi connectivity index (χ0n) is 4.32. The summed E-state index contributed by atoms with van der Waals surface area (Å²) in [6, 6.07) is 0. The van der Waals surface area contributed by atoms with Gasteiger partial charge in [0.1, 0.15) is 0 Å². The van der Waals surface area contributed by atoms with Crippen molar-refractivity contribution in [1.29, 1.82) is 0 Å². The number of rotatable bonds is 2. The summed E-state index contributed by atoms with van der Waals surface area (Å²) in [4.78, 5) is 0. The van der Waals surface area contributed by atoms with Crippen molar-refractivity contribution in [2.75, 3.05) is 11.9 Å². The topological polar surface area (TPSA) is 20.2 Å². The number of aliphatic hydroxyl groups is 1. The van der Waals surface area contributed by atoms with Gasteiger partial charge in [0, 0.05) is 5.33 Å². The van der Waals surface area contributed by atoms with E-state index in [9.17, 15) is 0 Å². The van der Waals surface area contributed by atoms with E-state index < -0.39 is 0 Å². The van der Waals surface area contributed by atoms with Crippen LogP contribution in [0.15, 0.2) is 11.6 Å². The van der Waals surface area contributed by atoms with Gasteiger partial charge in [0.25, 0.3) is 0 Å². The van der Waals surface area contributed by atoms with Crippen LogP contribution in [-0.2, 0) is 0 Å². The normalized spacial score (nSPS) is 12.1. The Labute approximate surface area is 52.2 Å². The molecule has 1 nitrogen and oxygen atoms in total. The summed E-state index contributed by atoms with van der Waals surface area (Å²) in [5.41, 5.74) is 1.01. The third-order valence-electron chi connectivity index (χ3n) is 0.675. The van der Waals surface area contributed by atoms with Crippen LogP contribution in [0.3, 0.4) is 0 Å². The molecular formula is C5H9BrO. The highest BCUT2D eigenvalue weighted by Crippen LogP contribution is 1.90. The molecule has 0 radical (unpaired) electrons. The van der Waals surface area contributed by atoms with Gasteiger partial charge in [-0.05, 0) is 6.92 Å². The molecule has 0 aromatic heterocycles. The van der Waals surface area contributed by atoms with Crippen LogP contribution in [0.5, 0.6) is 0 Å². The molecule has 0 saturated heterocycles. The predicted octanol–water partition coefficient (Wildman–Crippen LogP) is 1.32. The van der Waals surface area contributed by atoms with Gasteiger partial charge in [0.05, 0.1) is 6.61 Å². The van der Waals surface area contributed by atoms with E-state index in [0.717, 1.165) is 10.9 Å². The average Bonchev–Trinajstić information content (AvgIpc) is 1.68. The second-order valence-electron chi connectivity index (χ2n) is 1.36. The average molecular weight is 165 g/mol. The Kier molecular flexibility index (Phi) is 4.45. The second-order valence-corrected chi connectivity index (χ2v) is 2.01. The van der Waals surface area contributed by atoms with Crippen molar-refractivity contribution in [2.45, 2.75) is 6.92 Å². The van der Waals surface area contributed by atoms with E-state index in [0.29, 0.717) is 0 Å². The molecule has 7 heavy (non-hydrogen) atoms. The van der Waals surface area contributed by atoms with Gasteiger partial charge < -0.3 is 5.11 Å². The molecule has 42 valence electrons. The molecule has 0 fully saturated rings. The Morgan fingerprint density at radius 3 is 2.57 bits per heavy atom. The van der Waals surface area contributed by atoms with Crippen molar-refractivity contribution in [3.63, 3.8) is 0 Å². The van der Waals surface area contributed by atoms with E-state index in [1.165, 1.54) is 0 Å². The first-order valence-corrected chi connectivity index (χ1v) is 3.26. The van der Waals surface area contributed by atoms with Crippen LogP contribution in [0.4, 0.5) is 0 Å². The lowest BCUT2D eigenvalue weighted by atomic mass is 10.3.